The van der Waals surface area contributed by atoms with E-state index >= 15 is 0 Å². The Labute approximate surface area is 210 Å². The summed E-state index contributed by atoms with van der Waals surface area (Å²) in [6.45, 7) is 2.56. The fraction of sp³-hybridized carbons (Fsp3) is 0.333. The molecule has 1 fully saturated rings. The van der Waals surface area contributed by atoms with Gasteiger partial charge in [-0.15, -0.1) is 0 Å². The summed E-state index contributed by atoms with van der Waals surface area (Å²) in [6, 6.07) is 17.1. The molecule has 0 saturated carbocycles. The van der Waals surface area contributed by atoms with Gasteiger partial charge in [-0.05, 0) is 42.2 Å². The minimum absolute atomic E-state index is 0.0256. The number of piperidine rings is 1. The molecular formula is C27H30N6O3. The predicted molar refractivity (Wildman–Crippen MR) is 136 cm³/mol. The summed E-state index contributed by atoms with van der Waals surface area (Å²) in [6.07, 6.45) is 2.40. The quantitative estimate of drug-likeness (QED) is 0.507. The second-order valence-corrected chi connectivity index (χ2v) is 9.24. The average Bonchev–Trinajstić information content (AvgIpc) is 2.92. The number of hydrogen-bond donors (Lipinski definition) is 3. The van der Waals surface area contributed by atoms with Crippen molar-refractivity contribution in [1.29, 1.82) is 0 Å². The van der Waals surface area contributed by atoms with Crippen LogP contribution in [0.15, 0.2) is 60.9 Å². The van der Waals surface area contributed by atoms with Crippen molar-refractivity contribution in [3.05, 3.63) is 83.3 Å². The maximum absolute atomic E-state index is 13.2. The first-order valence-electron chi connectivity index (χ1n) is 12.2. The molecule has 2 aliphatic heterocycles. The van der Waals surface area contributed by atoms with Crippen LogP contribution < -0.4 is 10.6 Å². The second-order valence-electron chi connectivity index (χ2n) is 9.24. The zero-order valence-corrected chi connectivity index (χ0v) is 20.2. The van der Waals surface area contributed by atoms with E-state index in [2.05, 4.69) is 49.8 Å². The van der Waals surface area contributed by atoms with Crippen LogP contribution in [0.25, 0.3) is 0 Å². The van der Waals surface area contributed by atoms with Gasteiger partial charge in [-0.25, -0.2) is 9.97 Å². The van der Waals surface area contributed by atoms with Crippen molar-refractivity contribution in [3.63, 3.8) is 0 Å². The SMILES string of the molecule is CNC(=O)c1cccc(Nc2cc(C(=O)N3CC[C@@H](N4CCc5ccccc5C4)[C@H](O)C3)ncn2)c1. The zero-order chi connectivity index (χ0) is 25.1. The molecular weight excluding hydrogens is 456 g/mol. The van der Waals surface area contributed by atoms with E-state index in [1.165, 1.54) is 17.5 Å². The number of nitrogens with one attached hydrogen (secondary N) is 2. The van der Waals surface area contributed by atoms with Gasteiger partial charge in [0.2, 0.25) is 0 Å². The van der Waals surface area contributed by atoms with Crippen LogP contribution in [0.4, 0.5) is 11.5 Å². The van der Waals surface area contributed by atoms with E-state index in [-0.39, 0.29) is 30.1 Å². The standard InChI is InChI=1S/C27H30N6O3/c1-28-26(35)19-7-4-8-21(13-19)31-25-14-22(29-17-30-25)27(36)33-12-10-23(24(34)16-33)32-11-9-18-5-2-3-6-20(18)15-32/h2-8,13-14,17,23-24,34H,9-12,15-16H2,1H3,(H,28,35)(H,29,30,31)/t23-,24-/m1/s1. The van der Waals surface area contributed by atoms with E-state index in [1.54, 1.807) is 36.2 Å². The van der Waals surface area contributed by atoms with Crippen molar-refractivity contribution in [2.24, 2.45) is 0 Å². The minimum atomic E-state index is -0.625. The number of aliphatic hydroxyl groups is 1. The van der Waals surface area contributed by atoms with E-state index in [0.717, 1.165) is 19.5 Å². The monoisotopic (exact) mass is 486 g/mol. The lowest BCUT2D eigenvalue weighted by atomic mass is 9.94. The van der Waals surface area contributed by atoms with Crippen molar-refractivity contribution in [3.8, 4) is 0 Å². The number of carbonyl (C=O) groups is 2. The Hall–Kier alpha value is -3.82. The van der Waals surface area contributed by atoms with Gasteiger partial charge < -0.3 is 20.6 Å². The number of aliphatic hydroxyl groups excluding tert-OH is 1. The molecule has 2 atom stereocenters. The molecule has 3 aromatic rings. The summed E-state index contributed by atoms with van der Waals surface area (Å²) >= 11 is 0. The van der Waals surface area contributed by atoms with E-state index in [4.69, 9.17) is 0 Å². The maximum atomic E-state index is 13.2. The number of amides is 2. The zero-order valence-electron chi connectivity index (χ0n) is 20.2. The molecule has 0 bridgehead atoms. The number of carbonyl (C=O) groups excluding carboxylic acids is 2. The minimum Gasteiger partial charge on any atom is -0.390 e. The average molecular weight is 487 g/mol. The number of fused-ring (bicyclic) bond motifs is 1. The van der Waals surface area contributed by atoms with Gasteiger partial charge in [0, 0.05) is 56.6 Å². The lowest BCUT2D eigenvalue weighted by Crippen LogP contribution is -2.56. The highest BCUT2D eigenvalue weighted by Gasteiger charge is 2.35. The fourth-order valence-electron chi connectivity index (χ4n) is 5.07. The topological polar surface area (TPSA) is 111 Å². The van der Waals surface area contributed by atoms with E-state index < -0.39 is 6.10 Å². The summed E-state index contributed by atoms with van der Waals surface area (Å²) < 4.78 is 0. The van der Waals surface area contributed by atoms with Crippen molar-refractivity contribution >= 4 is 23.3 Å². The summed E-state index contributed by atoms with van der Waals surface area (Å²) in [4.78, 5) is 37.5. The first kappa shape index (κ1) is 23.9. The summed E-state index contributed by atoms with van der Waals surface area (Å²) in [5, 5.41) is 16.7. The molecule has 2 aliphatic rings. The van der Waals surface area contributed by atoms with Gasteiger partial charge >= 0.3 is 0 Å². The Bertz CT molecular complexity index is 1270. The largest absolute Gasteiger partial charge is 0.390 e. The molecule has 36 heavy (non-hydrogen) atoms. The predicted octanol–water partition coefficient (Wildman–Crippen LogP) is 2.21. The lowest BCUT2D eigenvalue weighted by molar-refractivity contribution is -0.0139. The Morgan fingerprint density at radius 3 is 2.67 bits per heavy atom. The molecule has 0 unspecified atom stereocenters. The van der Waals surface area contributed by atoms with Gasteiger partial charge in [0.05, 0.1) is 6.10 Å². The number of β-amino-alcohol motifs (C(OH)–C–C–N with tert-alkyl or cyclic N) is 1. The second kappa shape index (κ2) is 10.4. The summed E-state index contributed by atoms with van der Waals surface area (Å²) in [5.41, 5.74) is 4.14. The van der Waals surface area contributed by atoms with Gasteiger partial charge in [0.15, 0.2) is 0 Å². The van der Waals surface area contributed by atoms with Crippen LogP contribution in [0.1, 0.15) is 38.4 Å². The molecule has 0 spiro atoms. The number of likely N-dealkylation sites (tertiary alicyclic amines) is 1. The number of aromatic nitrogens is 2. The summed E-state index contributed by atoms with van der Waals surface area (Å²) in [7, 11) is 1.58. The van der Waals surface area contributed by atoms with Crippen molar-refractivity contribution < 1.29 is 14.7 Å². The first-order chi connectivity index (χ1) is 17.5. The van der Waals surface area contributed by atoms with Crippen LogP contribution in [0, 0.1) is 0 Å². The molecule has 0 radical (unpaired) electrons. The number of hydrogen-bond acceptors (Lipinski definition) is 7. The first-order valence-corrected chi connectivity index (χ1v) is 12.2. The van der Waals surface area contributed by atoms with E-state index in [1.807, 2.05) is 6.07 Å². The molecule has 0 aliphatic carbocycles. The molecule has 5 rings (SSSR count). The smallest absolute Gasteiger partial charge is 0.272 e. The number of rotatable bonds is 5. The molecule has 1 aromatic heterocycles. The van der Waals surface area contributed by atoms with Crippen molar-refractivity contribution in [2.75, 3.05) is 32.0 Å². The Morgan fingerprint density at radius 2 is 1.86 bits per heavy atom. The highest BCUT2D eigenvalue weighted by Crippen LogP contribution is 2.26. The summed E-state index contributed by atoms with van der Waals surface area (Å²) in [5.74, 6) is 0.0267. The van der Waals surface area contributed by atoms with Crippen LogP contribution in [0.5, 0.6) is 0 Å². The molecule has 3 heterocycles. The fourth-order valence-corrected chi connectivity index (χ4v) is 5.07. The molecule has 3 N–H and O–H groups in total. The van der Waals surface area contributed by atoms with Gasteiger partial charge in [0.25, 0.3) is 11.8 Å². The molecule has 1 saturated heterocycles. The van der Waals surface area contributed by atoms with Gasteiger partial charge in [-0.3, -0.25) is 14.5 Å². The van der Waals surface area contributed by atoms with Crippen LogP contribution >= 0.6 is 0 Å². The normalized spacial score (nSPS) is 19.9. The van der Waals surface area contributed by atoms with Gasteiger partial charge in [-0.2, -0.15) is 0 Å². The highest BCUT2D eigenvalue weighted by molar-refractivity contribution is 5.95. The molecule has 2 amide bonds. The molecule has 9 nitrogen and oxygen atoms in total. The number of nitrogens with zero attached hydrogens (tertiary/aromatic N) is 4. The number of anilines is 2. The number of benzene rings is 2. The van der Waals surface area contributed by atoms with Crippen molar-refractivity contribution in [2.45, 2.75) is 31.5 Å². The maximum Gasteiger partial charge on any atom is 0.272 e. The van der Waals surface area contributed by atoms with Crippen LogP contribution in [-0.2, 0) is 13.0 Å². The van der Waals surface area contributed by atoms with Crippen LogP contribution in [0.2, 0.25) is 0 Å². The molecule has 186 valence electrons. The van der Waals surface area contributed by atoms with Crippen LogP contribution in [-0.4, -0.2) is 75.5 Å². The lowest BCUT2D eigenvalue weighted by Gasteiger charge is -2.43. The van der Waals surface area contributed by atoms with E-state index in [0.29, 0.717) is 30.0 Å². The third-order valence-electron chi connectivity index (χ3n) is 6.97. The highest BCUT2D eigenvalue weighted by atomic mass is 16.3. The Balaban J connectivity index is 1.23. The third-order valence-corrected chi connectivity index (χ3v) is 6.97. The van der Waals surface area contributed by atoms with Crippen LogP contribution in [0.3, 0.4) is 0 Å². The van der Waals surface area contributed by atoms with Crippen molar-refractivity contribution in [1.82, 2.24) is 25.1 Å². The Kier molecular flexibility index (Phi) is 6.92. The molecule has 2 aromatic carbocycles. The van der Waals surface area contributed by atoms with Gasteiger partial charge in [0.1, 0.15) is 17.8 Å². The third kappa shape index (κ3) is 5.07. The van der Waals surface area contributed by atoms with E-state index in [9.17, 15) is 14.7 Å². The Morgan fingerprint density at radius 1 is 1.03 bits per heavy atom. The van der Waals surface area contributed by atoms with Gasteiger partial charge in [-0.1, -0.05) is 30.3 Å². The molecule has 9 heteroatoms.